The minimum atomic E-state index is -0.726. The Kier molecular flexibility index (Phi) is 4.54. The number of fused-ring (bicyclic) bond motifs is 1. The molecule has 3 aliphatic rings. The highest BCUT2D eigenvalue weighted by atomic mass is 16.3. The molecule has 26 heavy (non-hydrogen) atoms. The first kappa shape index (κ1) is 17.7. The predicted octanol–water partition coefficient (Wildman–Crippen LogP) is -0.192. The molecule has 0 aromatic carbocycles. The van der Waals surface area contributed by atoms with Crippen LogP contribution in [0.4, 0.5) is 4.79 Å². The van der Waals surface area contributed by atoms with Crippen LogP contribution in [0.15, 0.2) is 23.0 Å². The van der Waals surface area contributed by atoms with Gasteiger partial charge in [0.15, 0.2) is 5.76 Å². The number of rotatable bonds is 3. The molecule has 3 heterocycles. The molecule has 10 nitrogen and oxygen atoms in total. The summed E-state index contributed by atoms with van der Waals surface area (Å²) in [5, 5.41) is 36.5. The summed E-state index contributed by atoms with van der Waals surface area (Å²) in [6, 6.07) is 1.29. The normalized spacial score (nSPS) is 28.0. The topological polar surface area (TPSA) is 141 Å². The van der Waals surface area contributed by atoms with Crippen LogP contribution in [0.5, 0.6) is 0 Å². The lowest BCUT2D eigenvalue weighted by molar-refractivity contribution is -0.132. The second-order valence-corrected chi connectivity index (χ2v) is 6.75. The summed E-state index contributed by atoms with van der Waals surface area (Å²) in [6.45, 7) is 3.05. The molecular weight excluding hydrogens is 340 g/mol. The van der Waals surface area contributed by atoms with E-state index in [1.807, 2.05) is 11.0 Å². The Hall–Kier alpha value is -3.09. The molecule has 0 bridgehead atoms. The van der Waals surface area contributed by atoms with Crippen LogP contribution in [-0.2, 0) is 4.79 Å². The fraction of sp³-hybridized carbons (Fsp3) is 0.562. The molecule has 140 valence electrons. The van der Waals surface area contributed by atoms with Crippen molar-refractivity contribution < 1.29 is 19.8 Å². The van der Waals surface area contributed by atoms with Gasteiger partial charge < -0.3 is 30.6 Å². The van der Waals surface area contributed by atoms with Crippen LogP contribution in [0.3, 0.4) is 0 Å². The number of aliphatic hydroxyl groups excluding tert-OH is 2. The number of likely N-dealkylation sites (tertiary alicyclic amines) is 1. The summed E-state index contributed by atoms with van der Waals surface area (Å²) in [5.41, 5.74) is 0.345. The number of urea groups is 1. The number of amides is 3. The Morgan fingerprint density at radius 2 is 2.15 bits per heavy atom. The average molecular weight is 362 g/mol. The standard InChI is InChI=1S/C16H22N6O4/c1-8-4-6-22(10(23)3-5-17)7-9(8)21(2)14-11-12(24)15(25)18-13(11)19-16(26)20-14/h8-9,13,18,24-25H,3-4,6-7H2,1-2H3,(H2,19,20,26). The van der Waals surface area contributed by atoms with E-state index in [4.69, 9.17) is 5.26 Å². The van der Waals surface area contributed by atoms with Crippen molar-refractivity contribution in [3.05, 3.63) is 23.0 Å². The van der Waals surface area contributed by atoms with Crippen LogP contribution in [0, 0.1) is 17.2 Å². The molecule has 3 unspecified atom stereocenters. The van der Waals surface area contributed by atoms with Gasteiger partial charge in [-0.3, -0.25) is 10.1 Å². The van der Waals surface area contributed by atoms with Gasteiger partial charge in [-0.2, -0.15) is 5.26 Å². The van der Waals surface area contributed by atoms with E-state index in [2.05, 4.69) is 22.9 Å². The second kappa shape index (κ2) is 6.67. The SMILES string of the molecule is CC1CCN(C(=O)CC#N)CC1N(C)C1=C2C(O)=C(O)NC2NC(=O)N1. The minimum absolute atomic E-state index is 0.122. The maximum absolute atomic E-state index is 12.1. The van der Waals surface area contributed by atoms with E-state index in [-0.39, 0.29) is 30.0 Å². The summed E-state index contributed by atoms with van der Waals surface area (Å²) >= 11 is 0. The van der Waals surface area contributed by atoms with Gasteiger partial charge in [0.25, 0.3) is 0 Å². The highest BCUT2D eigenvalue weighted by molar-refractivity contribution is 5.80. The Morgan fingerprint density at radius 1 is 1.42 bits per heavy atom. The highest BCUT2D eigenvalue weighted by Crippen LogP contribution is 2.30. The number of carbonyl (C=O) groups excluding carboxylic acids is 2. The minimum Gasteiger partial charge on any atom is -0.503 e. The van der Waals surface area contributed by atoms with Crippen molar-refractivity contribution in [2.75, 3.05) is 20.1 Å². The van der Waals surface area contributed by atoms with Crippen LogP contribution >= 0.6 is 0 Å². The van der Waals surface area contributed by atoms with E-state index in [0.29, 0.717) is 24.5 Å². The van der Waals surface area contributed by atoms with Crippen LogP contribution in [0.25, 0.3) is 0 Å². The quantitative estimate of drug-likeness (QED) is 0.468. The number of nitrogens with zero attached hydrogens (tertiary/aromatic N) is 3. The van der Waals surface area contributed by atoms with Gasteiger partial charge in [0, 0.05) is 20.1 Å². The Morgan fingerprint density at radius 3 is 2.85 bits per heavy atom. The van der Waals surface area contributed by atoms with Crippen molar-refractivity contribution in [2.24, 2.45) is 5.92 Å². The summed E-state index contributed by atoms with van der Waals surface area (Å²) in [4.78, 5) is 27.5. The fourth-order valence-electron chi connectivity index (χ4n) is 3.64. The molecule has 0 aliphatic carbocycles. The third-order valence-corrected chi connectivity index (χ3v) is 5.16. The molecule has 0 spiro atoms. The van der Waals surface area contributed by atoms with Gasteiger partial charge in [-0.05, 0) is 12.3 Å². The first-order chi connectivity index (χ1) is 12.3. The molecule has 0 aromatic rings. The molecule has 5 N–H and O–H groups in total. The number of nitriles is 1. The van der Waals surface area contributed by atoms with Crippen molar-refractivity contribution in [1.29, 1.82) is 5.26 Å². The van der Waals surface area contributed by atoms with Gasteiger partial charge in [0.05, 0.1) is 17.7 Å². The Balaban J connectivity index is 1.88. The van der Waals surface area contributed by atoms with Crippen molar-refractivity contribution in [3.8, 4) is 6.07 Å². The Labute approximate surface area is 150 Å². The van der Waals surface area contributed by atoms with Crippen molar-refractivity contribution in [3.63, 3.8) is 0 Å². The fourth-order valence-corrected chi connectivity index (χ4v) is 3.64. The zero-order chi connectivity index (χ0) is 19.0. The molecule has 3 atom stereocenters. The number of likely N-dealkylation sites (N-methyl/N-ethyl adjacent to an activating group) is 1. The molecule has 3 rings (SSSR count). The number of nitrogens with one attached hydrogen (secondary N) is 3. The molecule has 0 aromatic heterocycles. The molecule has 3 aliphatic heterocycles. The molecule has 10 heteroatoms. The van der Waals surface area contributed by atoms with E-state index in [1.165, 1.54) is 0 Å². The first-order valence-electron chi connectivity index (χ1n) is 8.41. The predicted molar refractivity (Wildman–Crippen MR) is 90.0 cm³/mol. The summed E-state index contributed by atoms with van der Waals surface area (Å²) < 4.78 is 0. The van der Waals surface area contributed by atoms with Gasteiger partial charge in [0.1, 0.15) is 18.4 Å². The molecule has 0 saturated carbocycles. The molecule has 0 radical (unpaired) electrons. The molecule has 3 amide bonds. The maximum atomic E-state index is 12.1. The lowest BCUT2D eigenvalue weighted by Gasteiger charge is -2.44. The van der Waals surface area contributed by atoms with Crippen LogP contribution in [0.2, 0.25) is 0 Å². The number of carbonyl (C=O) groups is 2. The summed E-state index contributed by atoms with van der Waals surface area (Å²) in [7, 11) is 1.77. The van der Waals surface area contributed by atoms with Gasteiger partial charge >= 0.3 is 6.03 Å². The van der Waals surface area contributed by atoms with Gasteiger partial charge in [-0.25, -0.2) is 4.79 Å². The summed E-state index contributed by atoms with van der Waals surface area (Å²) in [6.07, 6.45) is -0.130. The van der Waals surface area contributed by atoms with Crippen LogP contribution in [-0.4, -0.2) is 64.3 Å². The number of aliphatic hydroxyl groups is 2. The third-order valence-electron chi connectivity index (χ3n) is 5.16. The van der Waals surface area contributed by atoms with Crippen LogP contribution < -0.4 is 16.0 Å². The van der Waals surface area contributed by atoms with Crippen molar-refractivity contribution in [1.82, 2.24) is 25.8 Å². The number of hydrogen-bond acceptors (Lipinski definition) is 7. The highest BCUT2D eigenvalue weighted by Gasteiger charge is 2.41. The van der Waals surface area contributed by atoms with Gasteiger partial charge in [-0.15, -0.1) is 0 Å². The average Bonchev–Trinajstić information content (AvgIpc) is 2.88. The Bertz CT molecular complexity index is 740. The lowest BCUT2D eigenvalue weighted by atomic mass is 9.91. The lowest BCUT2D eigenvalue weighted by Crippen LogP contribution is -2.58. The van der Waals surface area contributed by atoms with E-state index in [0.717, 1.165) is 6.42 Å². The van der Waals surface area contributed by atoms with Crippen molar-refractivity contribution in [2.45, 2.75) is 32.0 Å². The van der Waals surface area contributed by atoms with E-state index < -0.39 is 18.1 Å². The zero-order valence-electron chi connectivity index (χ0n) is 14.6. The molecule has 1 saturated heterocycles. The monoisotopic (exact) mass is 362 g/mol. The van der Waals surface area contributed by atoms with E-state index in [1.54, 1.807) is 11.9 Å². The van der Waals surface area contributed by atoms with E-state index in [9.17, 15) is 19.8 Å². The van der Waals surface area contributed by atoms with Crippen LogP contribution in [0.1, 0.15) is 19.8 Å². The van der Waals surface area contributed by atoms with Crippen molar-refractivity contribution >= 4 is 11.9 Å². The maximum Gasteiger partial charge on any atom is 0.322 e. The molecule has 1 fully saturated rings. The number of piperidine rings is 1. The molecular formula is C16H22N6O4. The smallest absolute Gasteiger partial charge is 0.322 e. The largest absolute Gasteiger partial charge is 0.503 e. The number of hydrogen-bond donors (Lipinski definition) is 5. The summed E-state index contributed by atoms with van der Waals surface area (Å²) in [5.74, 6) is -0.351. The van der Waals surface area contributed by atoms with Gasteiger partial charge in [0.2, 0.25) is 11.8 Å². The first-order valence-corrected chi connectivity index (χ1v) is 8.41. The third kappa shape index (κ3) is 2.96. The van der Waals surface area contributed by atoms with E-state index >= 15 is 0 Å². The second-order valence-electron chi connectivity index (χ2n) is 6.75. The van der Waals surface area contributed by atoms with Gasteiger partial charge in [-0.1, -0.05) is 6.92 Å². The zero-order valence-corrected chi connectivity index (χ0v) is 14.6.